The molecule has 1 aromatic rings. The second-order valence-corrected chi connectivity index (χ2v) is 4.90. The lowest BCUT2D eigenvalue weighted by molar-refractivity contribution is -0.122. The Morgan fingerprint density at radius 1 is 1.42 bits per heavy atom. The fraction of sp³-hybridized carbons (Fsp3) is 0.636. The fourth-order valence-electron chi connectivity index (χ4n) is 1.70. The largest absolute Gasteiger partial charge is 0.461 e. The molecule has 19 heavy (non-hydrogen) atoms. The van der Waals surface area contributed by atoms with Crippen molar-refractivity contribution < 1.29 is 9.53 Å². The van der Waals surface area contributed by atoms with Gasteiger partial charge in [0.15, 0.2) is 0 Å². The van der Waals surface area contributed by atoms with Crippen LogP contribution in [0, 0.1) is 0 Å². The zero-order valence-corrected chi connectivity index (χ0v) is 11.6. The Balaban J connectivity index is 2.03. The van der Waals surface area contributed by atoms with Gasteiger partial charge in [-0.05, 0) is 31.9 Å². The van der Waals surface area contributed by atoms with Gasteiger partial charge in [-0.15, -0.1) is 0 Å². The van der Waals surface area contributed by atoms with Gasteiger partial charge in [0.05, 0.1) is 6.10 Å². The summed E-state index contributed by atoms with van der Waals surface area (Å²) in [7, 11) is 0. The zero-order valence-electron chi connectivity index (χ0n) is 10.8. The van der Waals surface area contributed by atoms with Crippen molar-refractivity contribution in [2.24, 2.45) is 0 Å². The van der Waals surface area contributed by atoms with Crippen molar-refractivity contribution >= 4 is 23.5 Å². The molecule has 0 bridgehead atoms. The summed E-state index contributed by atoms with van der Waals surface area (Å²) in [5.74, 6) is 0.423. The van der Waals surface area contributed by atoms with Crippen molar-refractivity contribution in [2.75, 3.05) is 11.9 Å². The number of piperidine rings is 1. The molecule has 2 rings (SSSR count). The summed E-state index contributed by atoms with van der Waals surface area (Å²) in [5.41, 5.74) is 0. The Morgan fingerprint density at radius 3 is 2.84 bits per heavy atom. The highest BCUT2D eigenvalue weighted by Crippen LogP contribution is 2.15. The van der Waals surface area contributed by atoms with Crippen molar-refractivity contribution in [2.45, 2.75) is 38.8 Å². The maximum absolute atomic E-state index is 11.1. The Bertz CT molecular complexity index is 458. The number of carbonyl (C=O) groups is 1. The van der Waals surface area contributed by atoms with Gasteiger partial charge in [-0.25, -0.2) is 0 Å². The van der Waals surface area contributed by atoms with Crippen LogP contribution >= 0.6 is 11.6 Å². The Kier molecular flexibility index (Phi) is 4.36. The summed E-state index contributed by atoms with van der Waals surface area (Å²) in [4.78, 5) is 23.1. The molecular weight excluding hydrogens is 270 g/mol. The van der Waals surface area contributed by atoms with Crippen LogP contribution in [0.15, 0.2) is 0 Å². The van der Waals surface area contributed by atoms with Gasteiger partial charge in [-0.1, -0.05) is 0 Å². The van der Waals surface area contributed by atoms with Crippen LogP contribution in [-0.4, -0.2) is 39.5 Å². The summed E-state index contributed by atoms with van der Waals surface area (Å²) in [5, 5.41) is 5.97. The molecule has 0 spiro atoms. The third kappa shape index (κ3) is 4.20. The molecule has 1 amide bonds. The predicted octanol–water partition coefficient (Wildman–Crippen LogP) is 1.00. The number of ether oxygens (including phenoxy) is 1. The minimum Gasteiger partial charge on any atom is -0.461 e. The van der Waals surface area contributed by atoms with Gasteiger partial charge < -0.3 is 15.4 Å². The van der Waals surface area contributed by atoms with Crippen LogP contribution in [0.5, 0.6) is 6.01 Å². The highest BCUT2D eigenvalue weighted by molar-refractivity contribution is 6.28. The van der Waals surface area contributed by atoms with E-state index in [1.165, 1.54) is 0 Å². The van der Waals surface area contributed by atoms with Crippen LogP contribution in [0.4, 0.5) is 5.95 Å². The van der Waals surface area contributed by atoms with Crippen LogP contribution in [-0.2, 0) is 4.79 Å². The molecule has 1 atom stereocenters. The van der Waals surface area contributed by atoms with Gasteiger partial charge >= 0.3 is 6.01 Å². The van der Waals surface area contributed by atoms with Crippen molar-refractivity contribution in [1.82, 2.24) is 20.3 Å². The molecule has 0 saturated carbocycles. The first-order valence-corrected chi connectivity index (χ1v) is 6.52. The number of anilines is 1. The Labute approximate surface area is 116 Å². The molecule has 0 radical (unpaired) electrons. The summed E-state index contributed by atoms with van der Waals surface area (Å²) in [6.07, 6.45) is 1.18. The SMILES string of the molecule is CC(C)Oc1nc(Cl)nc(NC2CCC(=O)NC2)n1. The number of nitrogens with zero attached hydrogens (tertiary/aromatic N) is 3. The minimum atomic E-state index is -0.0414. The molecule has 0 aromatic carbocycles. The van der Waals surface area contributed by atoms with Crippen molar-refractivity contribution in [3.8, 4) is 6.01 Å². The number of halogens is 1. The number of carbonyl (C=O) groups excluding carboxylic acids is 1. The molecule has 1 aromatic heterocycles. The number of aromatic nitrogens is 3. The molecule has 1 aliphatic rings. The lowest BCUT2D eigenvalue weighted by atomic mass is 10.1. The van der Waals surface area contributed by atoms with E-state index < -0.39 is 0 Å². The van der Waals surface area contributed by atoms with Gasteiger partial charge in [0.1, 0.15) is 0 Å². The molecule has 2 N–H and O–H groups in total. The van der Waals surface area contributed by atoms with Gasteiger partial charge in [-0.2, -0.15) is 15.0 Å². The van der Waals surface area contributed by atoms with E-state index in [2.05, 4.69) is 25.6 Å². The number of amides is 1. The van der Waals surface area contributed by atoms with Gasteiger partial charge in [0.25, 0.3) is 0 Å². The van der Waals surface area contributed by atoms with Crippen LogP contribution in [0.2, 0.25) is 5.28 Å². The van der Waals surface area contributed by atoms with E-state index in [1.54, 1.807) is 0 Å². The summed E-state index contributed by atoms with van der Waals surface area (Å²) in [6, 6.07) is 0.278. The van der Waals surface area contributed by atoms with E-state index in [9.17, 15) is 4.79 Å². The van der Waals surface area contributed by atoms with Crippen LogP contribution in [0.25, 0.3) is 0 Å². The highest BCUT2D eigenvalue weighted by atomic mass is 35.5. The molecule has 104 valence electrons. The van der Waals surface area contributed by atoms with E-state index in [0.29, 0.717) is 18.9 Å². The number of rotatable bonds is 4. The first-order chi connectivity index (χ1) is 9.02. The van der Waals surface area contributed by atoms with Crippen molar-refractivity contribution in [3.63, 3.8) is 0 Å². The van der Waals surface area contributed by atoms with Crippen LogP contribution in [0.1, 0.15) is 26.7 Å². The minimum absolute atomic E-state index is 0.0414. The van der Waals surface area contributed by atoms with E-state index in [1.807, 2.05) is 13.8 Å². The molecular formula is C11H16ClN5O2. The molecule has 1 unspecified atom stereocenters. The monoisotopic (exact) mass is 285 g/mol. The van der Waals surface area contributed by atoms with E-state index in [4.69, 9.17) is 16.3 Å². The lowest BCUT2D eigenvalue weighted by Crippen LogP contribution is -2.42. The second-order valence-electron chi connectivity index (χ2n) is 4.56. The second kappa shape index (κ2) is 6.01. The Morgan fingerprint density at radius 2 is 2.21 bits per heavy atom. The van der Waals surface area contributed by atoms with Gasteiger partial charge in [0.2, 0.25) is 17.1 Å². The first kappa shape index (κ1) is 13.8. The summed E-state index contributed by atoms with van der Waals surface area (Å²) in [6.45, 7) is 4.30. The lowest BCUT2D eigenvalue weighted by Gasteiger charge is -2.23. The maximum Gasteiger partial charge on any atom is 0.322 e. The van der Waals surface area contributed by atoms with E-state index in [0.717, 1.165) is 6.42 Å². The maximum atomic E-state index is 11.1. The quantitative estimate of drug-likeness (QED) is 0.858. The topological polar surface area (TPSA) is 89.0 Å². The standard InChI is InChI=1S/C11H16ClN5O2/c1-6(2)19-11-16-9(12)15-10(17-11)14-7-3-4-8(18)13-5-7/h6-7H,3-5H2,1-2H3,(H,13,18)(H,14,15,16,17). The third-order valence-electron chi connectivity index (χ3n) is 2.53. The van der Waals surface area contributed by atoms with Crippen LogP contribution < -0.4 is 15.4 Å². The molecule has 7 nitrogen and oxygen atoms in total. The predicted molar refractivity (Wildman–Crippen MR) is 70.3 cm³/mol. The average molecular weight is 286 g/mol. The zero-order chi connectivity index (χ0) is 13.8. The first-order valence-electron chi connectivity index (χ1n) is 6.14. The average Bonchev–Trinajstić information content (AvgIpc) is 2.30. The normalized spacial score (nSPS) is 19.2. The number of hydrogen-bond acceptors (Lipinski definition) is 6. The molecule has 2 heterocycles. The molecule has 1 aliphatic heterocycles. The van der Waals surface area contributed by atoms with Gasteiger partial charge in [0, 0.05) is 19.0 Å². The van der Waals surface area contributed by atoms with E-state index in [-0.39, 0.29) is 29.3 Å². The summed E-state index contributed by atoms with van der Waals surface area (Å²) >= 11 is 5.82. The molecule has 1 fully saturated rings. The Hall–Kier alpha value is -1.63. The number of hydrogen-bond donors (Lipinski definition) is 2. The van der Waals surface area contributed by atoms with Crippen LogP contribution in [0.3, 0.4) is 0 Å². The smallest absolute Gasteiger partial charge is 0.322 e. The molecule has 1 saturated heterocycles. The van der Waals surface area contributed by atoms with Crippen molar-refractivity contribution in [1.29, 1.82) is 0 Å². The number of nitrogens with one attached hydrogen (secondary N) is 2. The fourth-order valence-corrected chi connectivity index (χ4v) is 1.85. The third-order valence-corrected chi connectivity index (χ3v) is 2.70. The summed E-state index contributed by atoms with van der Waals surface area (Å²) < 4.78 is 5.39. The molecule has 8 heteroatoms. The molecule has 0 aliphatic carbocycles. The van der Waals surface area contributed by atoms with E-state index >= 15 is 0 Å². The highest BCUT2D eigenvalue weighted by Gasteiger charge is 2.19. The van der Waals surface area contributed by atoms with Crippen molar-refractivity contribution in [3.05, 3.63) is 5.28 Å². The van der Waals surface area contributed by atoms with Gasteiger partial charge in [-0.3, -0.25) is 4.79 Å².